The first-order chi connectivity index (χ1) is 18.8. The van der Waals surface area contributed by atoms with Crippen LogP contribution in [0.4, 0.5) is 13.2 Å². The van der Waals surface area contributed by atoms with Crippen molar-refractivity contribution in [3.63, 3.8) is 0 Å². The maximum Gasteiger partial charge on any atom is 0.416 e. The fraction of sp³-hybridized carbons (Fsp3) is 0.548. The van der Waals surface area contributed by atoms with Gasteiger partial charge in [0.05, 0.1) is 18.7 Å². The van der Waals surface area contributed by atoms with Gasteiger partial charge < -0.3 is 20.1 Å². The van der Waals surface area contributed by atoms with Gasteiger partial charge in [0.2, 0.25) is 5.91 Å². The van der Waals surface area contributed by atoms with Crippen LogP contribution in [-0.4, -0.2) is 41.1 Å². The van der Waals surface area contributed by atoms with E-state index in [1.165, 1.54) is 13.2 Å². The second kappa shape index (κ2) is 11.8. The fourth-order valence-electron chi connectivity index (χ4n) is 6.58. The zero-order valence-corrected chi connectivity index (χ0v) is 23.5. The van der Waals surface area contributed by atoms with Crippen LogP contribution >= 0.6 is 0 Å². The number of methoxy groups -OCH3 is 1. The average molecular weight is 561 g/mol. The van der Waals surface area contributed by atoms with E-state index in [2.05, 4.69) is 5.32 Å². The predicted octanol–water partition coefficient (Wildman–Crippen LogP) is 6.45. The van der Waals surface area contributed by atoms with Crippen molar-refractivity contribution in [3.05, 3.63) is 65.2 Å². The third-order valence-electron chi connectivity index (χ3n) is 8.41. The highest BCUT2D eigenvalue weighted by atomic mass is 19.4. The summed E-state index contributed by atoms with van der Waals surface area (Å²) in [6.07, 6.45) is -0.0757. The summed E-state index contributed by atoms with van der Waals surface area (Å²) in [5, 5.41) is 14.1. The van der Waals surface area contributed by atoms with E-state index < -0.39 is 47.2 Å². The summed E-state index contributed by atoms with van der Waals surface area (Å²) in [6, 6.07) is 10.7. The molecule has 1 aliphatic carbocycles. The number of alkyl halides is 3. The van der Waals surface area contributed by atoms with Crippen LogP contribution in [0.2, 0.25) is 0 Å². The van der Waals surface area contributed by atoms with Crippen molar-refractivity contribution in [2.75, 3.05) is 7.11 Å². The van der Waals surface area contributed by atoms with E-state index in [0.29, 0.717) is 5.56 Å². The normalized spacial score (nSPS) is 24.2. The van der Waals surface area contributed by atoms with E-state index in [9.17, 15) is 27.9 Å². The maximum absolute atomic E-state index is 14.1. The van der Waals surface area contributed by atoms with Crippen molar-refractivity contribution in [3.8, 4) is 5.75 Å². The van der Waals surface area contributed by atoms with Gasteiger partial charge in [-0.1, -0.05) is 76.4 Å². The molecule has 1 saturated heterocycles. The number of likely N-dealkylation sites (tertiary alicyclic amines) is 1. The molecular weight excluding hydrogens is 521 g/mol. The van der Waals surface area contributed by atoms with Gasteiger partial charge in [0.25, 0.3) is 0 Å². The van der Waals surface area contributed by atoms with Gasteiger partial charge in [0.15, 0.2) is 0 Å². The molecule has 4 atom stereocenters. The summed E-state index contributed by atoms with van der Waals surface area (Å²) in [7, 11) is 1.32. The lowest BCUT2D eigenvalue weighted by atomic mass is 9.72. The van der Waals surface area contributed by atoms with Crippen LogP contribution in [0.1, 0.15) is 75.6 Å². The summed E-state index contributed by atoms with van der Waals surface area (Å²) in [6.45, 7) is 6.05. The molecule has 6 nitrogen and oxygen atoms in total. The second-order valence-electron chi connectivity index (χ2n) is 12.0. The average Bonchev–Trinajstić information content (AvgIpc) is 3.28. The van der Waals surface area contributed by atoms with Gasteiger partial charge in [-0.2, -0.15) is 13.2 Å². The van der Waals surface area contributed by atoms with Gasteiger partial charge in [-0.05, 0) is 36.0 Å². The zero-order chi connectivity index (χ0) is 29.2. The number of ether oxygens (including phenoxy) is 1. The Morgan fingerprint density at radius 2 is 1.68 bits per heavy atom. The minimum atomic E-state index is -4.50. The lowest BCUT2D eigenvalue weighted by Gasteiger charge is -2.36. The van der Waals surface area contributed by atoms with Crippen molar-refractivity contribution in [1.29, 1.82) is 0 Å². The Kier molecular flexibility index (Phi) is 8.83. The Morgan fingerprint density at radius 1 is 1.02 bits per heavy atom. The molecule has 4 unspecified atom stereocenters. The minimum absolute atomic E-state index is 0.0915. The van der Waals surface area contributed by atoms with Gasteiger partial charge in [-0.3, -0.25) is 4.79 Å². The quantitative estimate of drug-likeness (QED) is 0.407. The number of hydrogen-bond donors (Lipinski definition) is 2. The number of nitrogens with zero attached hydrogens (tertiary/aromatic N) is 1. The Labute approximate surface area is 233 Å². The van der Waals surface area contributed by atoms with Crippen LogP contribution in [0, 0.1) is 17.3 Å². The molecular formula is C31H39F3N2O4. The van der Waals surface area contributed by atoms with Crippen LogP contribution in [0.5, 0.6) is 5.75 Å². The topological polar surface area (TPSA) is 78.9 Å². The Bertz CT molecular complexity index is 1190. The standard InChI is InChI=1S/C31H39F3N2O4/c1-30(2,3)24-25(35-18-21-15-16-22(31(32,33)34)17-23(21)40-4)26(19-11-7-5-8-12-19)36(27(24)29(38)39)28(37)20-13-9-6-10-14-20/h5,7-8,11-12,15-17,20,24-27,35H,6,9-10,13-14,18H2,1-4H3,(H,38,39). The summed E-state index contributed by atoms with van der Waals surface area (Å²) in [5.74, 6) is -1.80. The lowest BCUT2D eigenvalue weighted by molar-refractivity contribution is -0.154. The molecule has 1 heterocycles. The summed E-state index contributed by atoms with van der Waals surface area (Å²) < 4.78 is 45.2. The van der Waals surface area contributed by atoms with Gasteiger partial charge in [-0.25, -0.2) is 4.79 Å². The fourth-order valence-corrected chi connectivity index (χ4v) is 6.58. The highest BCUT2D eigenvalue weighted by molar-refractivity contribution is 5.87. The molecule has 9 heteroatoms. The summed E-state index contributed by atoms with van der Waals surface area (Å²) in [5.41, 5.74) is 0.0129. The molecule has 0 aromatic heterocycles. The van der Waals surface area contributed by atoms with E-state index in [1.807, 2.05) is 51.1 Å². The molecule has 0 spiro atoms. The number of carbonyl (C=O) groups excluding carboxylic acids is 1. The summed E-state index contributed by atoms with van der Waals surface area (Å²) >= 11 is 0. The minimum Gasteiger partial charge on any atom is -0.496 e. The number of benzene rings is 2. The van der Waals surface area contributed by atoms with Crippen LogP contribution < -0.4 is 10.1 Å². The first-order valence-electron chi connectivity index (χ1n) is 13.9. The van der Waals surface area contributed by atoms with Crippen LogP contribution in [-0.2, 0) is 22.3 Å². The van der Waals surface area contributed by atoms with Crippen molar-refractivity contribution >= 4 is 11.9 Å². The molecule has 0 bridgehead atoms. The van der Waals surface area contributed by atoms with E-state index in [0.717, 1.165) is 49.8 Å². The van der Waals surface area contributed by atoms with E-state index in [1.54, 1.807) is 4.90 Å². The second-order valence-corrected chi connectivity index (χ2v) is 12.0. The molecule has 2 aliphatic rings. The molecule has 2 aromatic carbocycles. The number of carboxylic acid groups (broad SMARTS) is 1. The lowest BCUT2D eigenvalue weighted by Crippen LogP contribution is -2.49. The Hall–Kier alpha value is -3.07. The van der Waals surface area contributed by atoms with Gasteiger partial charge in [-0.15, -0.1) is 0 Å². The van der Waals surface area contributed by atoms with E-state index >= 15 is 0 Å². The number of halogens is 3. The highest BCUT2D eigenvalue weighted by Crippen LogP contribution is 2.49. The van der Waals surface area contributed by atoms with Gasteiger partial charge in [0, 0.05) is 30.0 Å². The monoisotopic (exact) mass is 560 g/mol. The van der Waals surface area contributed by atoms with Crippen LogP contribution in [0.15, 0.2) is 48.5 Å². The molecule has 4 rings (SSSR count). The molecule has 1 amide bonds. The summed E-state index contributed by atoms with van der Waals surface area (Å²) in [4.78, 5) is 28.7. The number of aliphatic carboxylic acids is 1. The van der Waals surface area contributed by atoms with Crippen molar-refractivity contribution in [2.24, 2.45) is 17.3 Å². The molecule has 40 heavy (non-hydrogen) atoms. The largest absolute Gasteiger partial charge is 0.496 e. The van der Waals surface area contributed by atoms with E-state index in [4.69, 9.17) is 4.74 Å². The van der Waals surface area contributed by atoms with Crippen LogP contribution in [0.3, 0.4) is 0 Å². The third kappa shape index (κ3) is 6.14. The van der Waals surface area contributed by atoms with Gasteiger partial charge >= 0.3 is 12.1 Å². The smallest absolute Gasteiger partial charge is 0.416 e. The maximum atomic E-state index is 14.1. The van der Waals surface area contributed by atoms with Crippen molar-refractivity contribution in [2.45, 2.75) is 83.7 Å². The van der Waals surface area contributed by atoms with Gasteiger partial charge in [0.1, 0.15) is 11.8 Å². The SMILES string of the molecule is COc1cc(C(F)(F)F)ccc1CNC1C(c2ccccc2)N(C(=O)C2CCCCC2)C(C(=O)O)C1C(C)(C)C. The number of nitrogens with one attached hydrogen (secondary N) is 1. The third-order valence-corrected chi connectivity index (χ3v) is 8.41. The van der Waals surface area contributed by atoms with Crippen molar-refractivity contribution < 1.29 is 32.6 Å². The number of amides is 1. The first-order valence-corrected chi connectivity index (χ1v) is 13.9. The molecule has 2 N–H and O–H groups in total. The predicted molar refractivity (Wildman–Crippen MR) is 146 cm³/mol. The number of hydrogen-bond acceptors (Lipinski definition) is 4. The van der Waals surface area contributed by atoms with Crippen molar-refractivity contribution in [1.82, 2.24) is 10.2 Å². The van der Waals surface area contributed by atoms with E-state index in [-0.39, 0.29) is 24.1 Å². The zero-order valence-electron chi connectivity index (χ0n) is 23.5. The molecule has 218 valence electrons. The highest BCUT2D eigenvalue weighted by Gasteiger charge is 2.58. The molecule has 2 fully saturated rings. The molecule has 2 aromatic rings. The van der Waals surface area contributed by atoms with Crippen LogP contribution in [0.25, 0.3) is 0 Å². The Balaban J connectivity index is 1.78. The number of rotatable bonds is 7. The number of carbonyl (C=O) groups is 2. The number of carboxylic acids is 1. The first kappa shape index (κ1) is 29.9. The Morgan fingerprint density at radius 3 is 2.23 bits per heavy atom. The molecule has 1 aliphatic heterocycles. The molecule has 1 saturated carbocycles. The molecule has 0 radical (unpaired) electrons.